The summed E-state index contributed by atoms with van der Waals surface area (Å²) in [7, 11) is 1.53. The Hall–Kier alpha value is -4.17. The number of aliphatic imine (C=N–C) groups is 1. The van der Waals surface area contributed by atoms with Crippen molar-refractivity contribution in [3.05, 3.63) is 104 Å². The lowest BCUT2D eigenvalue weighted by Gasteiger charge is -2.11. The van der Waals surface area contributed by atoms with Crippen LogP contribution in [0.1, 0.15) is 16.7 Å². The highest BCUT2D eigenvalue weighted by Gasteiger charge is 2.26. The van der Waals surface area contributed by atoms with Gasteiger partial charge in [-0.25, -0.2) is 9.79 Å². The molecule has 0 unspecified atom stereocenters. The van der Waals surface area contributed by atoms with Gasteiger partial charge in [0, 0.05) is 12.1 Å². The SMILES string of the molecule is COc1cc(C=C2N=C(c3ccc([N+](=O)[O-])cc3Cl)OC2=O)ccc1OCc1ccccc1. The number of cyclic esters (lactones) is 1. The zero-order valence-electron chi connectivity index (χ0n) is 17.4. The van der Waals surface area contributed by atoms with Crippen LogP contribution in [0.25, 0.3) is 6.08 Å². The zero-order valence-corrected chi connectivity index (χ0v) is 18.1. The lowest BCUT2D eigenvalue weighted by Crippen LogP contribution is -2.06. The summed E-state index contributed by atoms with van der Waals surface area (Å²) in [6, 6.07) is 18.8. The second kappa shape index (κ2) is 9.54. The Labute approximate surface area is 193 Å². The Kier molecular flexibility index (Phi) is 6.37. The number of non-ortho nitro benzene ring substituents is 1. The third-order valence-electron chi connectivity index (χ3n) is 4.74. The summed E-state index contributed by atoms with van der Waals surface area (Å²) >= 11 is 6.11. The van der Waals surface area contributed by atoms with E-state index in [1.54, 1.807) is 18.2 Å². The first-order valence-electron chi connectivity index (χ1n) is 9.76. The van der Waals surface area contributed by atoms with Crippen LogP contribution in [-0.4, -0.2) is 23.9 Å². The van der Waals surface area contributed by atoms with Gasteiger partial charge in [0.15, 0.2) is 17.2 Å². The molecule has 3 aromatic carbocycles. The minimum absolute atomic E-state index is 0.0269. The van der Waals surface area contributed by atoms with Gasteiger partial charge in [-0.1, -0.05) is 48.0 Å². The van der Waals surface area contributed by atoms with Gasteiger partial charge in [0.1, 0.15) is 6.61 Å². The molecule has 166 valence electrons. The first-order valence-corrected chi connectivity index (χ1v) is 10.1. The summed E-state index contributed by atoms with van der Waals surface area (Å²) in [4.78, 5) is 26.8. The molecule has 3 aromatic rings. The summed E-state index contributed by atoms with van der Waals surface area (Å²) in [5.41, 5.74) is 1.82. The number of halogens is 1. The second-order valence-electron chi connectivity index (χ2n) is 6.94. The average Bonchev–Trinajstić information content (AvgIpc) is 3.18. The summed E-state index contributed by atoms with van der Waals surface area (Å²) in [6.45, 7) is 0.383. The monoisotopic (exact) mass is 464 g/mol. The molecule has 1 heterocycles. The van der Waals surface area contributed by atoms with Gasteiger partial charge in [-0.2, -0.15) is 0 Å². The molecule has 8 nitrogen and oxygen atoms in total. The molecule has 0 saturated carbocycles. The standard InChI is InChI=1S/C24H17ClN2O6/c1-31-22-12-16(7-10-21(22)32-14-15-5-3-2-4-6-15)11-20-24(28)33-23(26-20)18-9-8-17(27(29)30)13-19(18)25/h2-13H,14H2,1H3. The molecule has 0 radical (unpaired) electrons. The number of benzene rings is 3. The Balaban J connectivity index is 1.56. The van der Waals surface area contributed by atoms with E-state index in [4.69, 9.17) is 25.8 Å². The van der Waals surface area contributed by atoms with E-state index in [0.29, 0.717) is 23.7 Å². The maximum atomic E-state index is 12.3. The molecule has 0 amide bonds. The fourth-order valence-corrected chi connectivity index (χ4v) is 3.36. The molecule has 0 aromatic heterocycles. The summed E-state index contributed by atoms with van der Waals surface area (Å²) in [5.74, 6) is 0.359. The van der Waals surface area contributed by atoms with Crippen molar-refractivity contribution >= 4 is 35.2 Å². The zero-order chi connectivity index (χ0) is 23.4. The fraction of sp³-hybridized carbons (Fsp3) is 0.0833. The minimum Gasteiger partial charge on any atom is -0.493 e. The highest BCUT2D eigenvalue weighted by atomic mass is 35.5. The molecule has 9 heteroatoms. The Morgan fingerprint density at radius 2 is 1.88 bits per heavy atom. The molecule has 0 aliphatic carbocycles. The van der Waals surface area contributed by atoms with Crippen LogP contribution < -0.4 is 9.47 Å². The van der Waals surface area contributed by atoms with Gasteiger partial charge in [-0.05, 0) is 35.4 Å². The number of esters is 1. The molecule has 0 atom stereocenters. The summed E-state index contributed by atoms with van der Waals surface area (Å²) in [6.07, 6.45) is 1.54. The predicted octanol–water partition coefficient (Wildman–Crippen LogP) is 5.18. The van der Waals surface area contributed by atoms with Crippen LogP contribution in [0.15, 0.2) is 77.4 Å². The normalized spacial score (nSPS) is 14.1. The Morgan fingerprint density at radius 3 is 2.58 bits per heavy atom. The number of carbonyl (C=O) groups is 1. The van der Waals surface area contributed by atoms with Crippen molar-refractivity contribution in [3.8, 4) is 11.5 Å². The van der Waals surface area contributed by atoms with E-state index in [-0.39, 0.29) is 27.9 Å². The summed E-state index contributed by atoms with van der Waals surface area (Å²) in [5, 5.41) is 10.9. The van der Waals surface area contributed by atoms with Gasteiger partial charge >= 0.3 is 5.97 Å². The molecular formula is C24H17ClN2O6. The van der Waals surface area contributed by atoms with Gasteiger partial charge in [0.05, 0.1) is 22.6 Å². The van der Waals surface area contributed by atoms with E-state index in [1.807, 2.05) is 30.3 Å². The summed E-state index contributed by atoms with van der Waals surface area (Å²) < 4.78 is 16.5. The van der Waals surface area contributed by atoms with E-state index >= 15 is 0 Å². The second-order valence-corrected chi connectivity index (χ2v) is 7.35. The number of rotatable bonds is 7. The third kappa shape index (κ3) is 5.02. The van der Waals surface area contributed by atoms with E-state index in [9.17, 15) is 14.9 Å². The topological polar surface area (TPSA) is 100 Å². The van der Waals surface area contributed by atoms with Gasteiger partial charge in [0.25, 0.3) is 5.69 Å². The quantitative estimate of drug-likeness (QED) is 0.207. The average molecular weight is 465 g/mol. The molecular weight excluding hydrogens is 448 g/mol. The number of ether oxygens (including phenoxy) is 3. The van der Waals surface area contributed by atoms with Crippen LogP contribution in [-0.2, 0) is 16.1 Å². The van der Waals surface area contributed by atoms with Crippen LogP contribution in [0.4, 0.5) is 5.69 Å². The number of hydrogen-bond acceptors (Lipinski definition) is 7. The van der Waals surface area contributed by atoms with Crippen molar-refractivity contribution < 1.29 is 23.9 Å². The lowest BCUT2D eigenvalue weighted by atomic mass is 10.1. The van der Waals surface area contributed by atoms with Crippen molar-refractivity contribution in [2.75, 3.05) is 7.11 Å². The van der Waals surface area contributed by atoms with Crippen LogP contribution in [0.3, 0.4) is 0 Å². The number of nitrogens with zero attached hydrogens (tertiary/aromatic N) is 2. The van der Waals surface area contributed by atoms with Crippen molar-refractivity contribution in [2.24, 2.45) is 4.99 Å². The highest BCUT2D eigenvalue weighted by molar-refractivity contribution is 6.34. The number of carbonyl (C=O) groups excluding carboxylic acids is 1. The first-order chi connectivity index (χ1) is 15.9. The van der Waals surface area contributed by atoms with Gasteiger partial charge in [-0.15, -0.1) is 0 Å². The number of hydrogen-bond donors (Lipinski definition) is 0. The molecule has 4 rings (SSSR count). The minimum atomic E-state index is -0.664. The molecule has 1 aliphatic rings. The molecule has 0 saturated heterocycles. The number of nitro benzene ring substituents is 1. The van der Waals surface area contributed by atoms with Gasteiger partial charge < -0.3 is 14.2 Å². The van der Waals surface area contributed by atoms with Gasteiger partial charge in [-0.3, -0.25) is 10.1 Å². The maximum absolute atomic E-state index is 12.3. The van der Waals surface area contributed by atoms with Crippen LogP contribution >= 0.6 is 11.6 Å². The molecule has 1 aliphatic heterocycles. The smallest absolute Gasteiger partial charge is 0.363 e. The van der Waals surface area contributed by atoms with Crippen molar-refractivity contribution in [1.82, 2.24) is 0 Å². The van der Waals surface area contributed by atoms with E-state index in [1.165, 1.54) is 31.4 Å². The van der Waals surface area contributed by atoms with Crippen LogP contribution in [0.2, 0.25) is 5.02 Å². The maximum Gasteiger partial charge on any atom is 0.363 e. The van der Waals surface area contributed by atoms with Crippen molar-refractivity contribution in [1.29, 1.82) is 0 Å². The molecule has 0 spiro atoms. The Bertz CT molecular complexity index is 1290. The van der Waals surface area contributed by atoms with E-state index in [0.717, 1.165) is 5.56 Å². The highest BCUT2D eigenvalue weighted by Crippen LogP contribution is 2.31. The largest absolute Gasteiger partial charge is 0.493 e. The lowest BCUT2D eigenvalue weighted by molar-refractivity contribution is -0.384. The molecule has 0 N–H and O–H groups in total. The Morgan fingerprint density at radius 1 is 1.09 bits per heavy atom. The first kappa shape index (κ1) is 22.0. The van der Waals surface area contributed by atoms with E-state index in [2.05, 4.69) is 4.99 Å². The van der Waals surface area contributed by atoms with E-state index < -0.39 is 10.9 Å². The molecule has 33 heavy (non-hydrogen) atoms. The van der Waals surface area contributed by atoms with Crippen LogP contribution in [0, 0.1) is 10.1 Å². The predicted molar refractivity (Wildman–Crippen MR) is 122 cm³/mol. The third-order valence-corrected chi connectivity index (χ3v) is 5.06. The number of nitro groups is 1. The van der Waals surface area contributed by atoms with Crippen LogP contribution in [0.5, 0.6) is 11.5 Å². The molecule has 0 bridgehead atoms. The number of methoxy groups -OCH3 is 1. The van der Waals surface area contributed by atoms with Crippen molar-refractivity contribution in [2.45, 2.75) is 6.61 Å². The fourth-order valence-electron chi connectivity index (χ4n) is 3.10. The van der Waals surface area contributed by atoms with Crippen molar-refractivity contribution in [3.63, 3.8) is 0 Å². The van der Waals surface area contributed by atoms with Gasteiger partial charge in [0.2, 0.25) is 5.90 Å². The molecule has 0 fully saturated rings.